The third-order valence-electron chi connectivity index (χ3n) is 2.71. The first-order valence-corrected chi connectivity index (χ1v) is 6.99. The van der Waals surface area contributed by atoms with Gasteiger partial charge in [-0.25, -0.2) is 13.4 Å². The summed E-state index contributed by atoms with van der Waals surface area (Å²) in [6.45, 7) is 2.44. The van der Waals surface area contributed by atoms with Crippen molar-refractivity contribution in [1.29, 1.82) is 0 Å². The maximum atomic E-state index is 12.2. The zero-order valence-corrected chi connectivity index (χ0v) is 11.6. The van der Waals surface area contributed by atoms with Crippen LogP contribution in [0.25, 0.3) is 0 Å². The minimum Gasteiger partial charge on any atom is -0.383 e. The van der Waals surface area contributed by atoms with Crippen LogP contribution < -0.4 is 5.73 Å². The number of hydrogen-bond donors (Lipinski definition) is 1. The molecule has 1 rings (SSSR count). The maximum absolute atomic E-state index is 12.2. The van der Waals surface area contributed by atoms with Crippen LogP contribution in [0.1, 0.15) is 12.5 Å². The number of nitrogens with two attached hydrogens (primary N) is 1. The van der Waals surface area contributed by atoms with Crippen LogP contribution in [0.5, 0.6) is 0 Å². The summed E-state index contributed by atoms with van der Waals surface area (Å²) in [4.78, 5) is 3.93. The Balaban J connectivity index is 2.97. The van der Waals surface area contributed by atoms with E-state index in [1.165, 1.54) is 30.7 Å². The summed E-state index contributed by atoms with van der Waals surface area (Å²) in [5.41, 5.74) is 6.23. The van der Waals surface area contributed by atoms with Gasteiger partial charge in [0, 0.05) is 32.9 Å². The van der Waals surface area contributed by atoms with E-state index in [0.29, 0.717) is 13.2 Å². The molecule has 18 heavy (non-hydrogen) atoms. The number of rotatable bonds is 6. The van der Waals surface area contributed by atoms with Gasteiger partial charge in [-0.3, -0.25) is 0 Å². The Kier molecular flexibility index (Phi) is 5.21. The Labute approximate surface area is 108 Å². The average Bonchev–Trinajstić information content (AvgIpc) is 2.38. The largest absolute Gasteiger partial charge is 0.383 e. The van der Waals surface area contributed by atoms with E-state index in [2.05, 4.69) is 4.98 Å². The van der Waals surface area contributed by atoms with Gasteiger partial charge in [0.25, 0.3) is 10.0 Å². The van der Waals surface area contributed by atoms with Crippen LogP contribution in [0.15, 0.2) is 23.4 Å². The number of nitrogens with zero attached hydrogens (tertiary/aromatic N) is 2. The van der Waals surface area contributed by atoms with Crippen molar-refractivity contribution in [2.75, 3.05) is 20.8 Å². The highest BCUT2D eigenvalue weighted by Crippen LogP contribution is 2.14. The minimum absolute atomic E-state index is 0.0187. The second-order valence-corrected chi connectivity index (χ2v) is 5.98. The van der Waals surface area contributed by atoms with Crippen molar-refractivity contribution in [2.45, 2.75) is 24.5 Å². The Morgan fingerprint density at radius 1 is 1.50 bits per heavy atom. The van der Waals surface area contributed by atoms with Crippen LogP contribution in [0.3, 0.4) is 0 Å². The normalized spacial score (nSPS) is 13.8. The first-order valence-electron chi connectivity index (χ1n) is 5.55. The van der Waals surface area contributed by atoms with E-state index < -0.39 is 10.0 Å². The number of likely N-dealkylation sites (N-methyl/N-ethyl adjacent to an activating group) is 1. The van der Waals surface area contributed by atoms with Crippen LogP contribution in [-0.4, -0.2) is 44.5 Å². The van der Waals surface area contributed by atoms with Crippen LogP contribution in [0, 0.1) is 0 Å². The molecule has 1 atom stereocenters. The van der Waals surface area contributed by atoms with Gasteiger partial charge in [0.2, 0.25) is 0 Å². The lowest BCUT2D eigenvalue weighted by Gasteiger charge is -2.23. The van der Waals surface area contributed by atoms with E-state index in [1.54, 1.807) is 13.0 Å². The molecule has 1 aromatic heterocycles. The van der Waals surface area contributed by atoms with Crippen molar-refractivity contribution in [3.05, 3.63) is 23.9 Å². The summed E-state index contributed by atoms with van der Waals surface area (Å²) >= 11 is 0. The lowest BCUT2D eigenvalue weighted by atomic mass is 10.3. The van der Waals surface area contributed by atoms with E-state index in [-0.39, 0.29) is 11.1 Å². The molecule has 2 N–H and O–H groups in total. The van der Waals surface area contributed by atoms with Crippen LogP contribution in [0.2, 0.25) is 0 Å². The van der Waals surface area contributed by atoms with Gasteiger partial charge < -0.3 is 10.5 Å². The summed E-state index contributed by atoms with van der Waals surface area (Å²) < 4.78 is 30.6. The summed E-state index contributed by atoms with van der Waals surface area (Å²) in [7, 11) is -0.540. The highest BCUT2D eigenvalue weighted by molar-refractivity contribution is 7.89. The van der Waals surface area contributed by atoms with Crippen molar-refractivity contribution in [3.63, 3.8) is 0 Å². The van der Waals surface area contributed by atoms with Crippen molar-refractivity contribution in [2.24, 2.45) is 5.73 Å². The molecule has 0 amide bonds. The molecule has 0 saturated heterocycles. The molecule has 0 aromatic carbocycles. The molecule has 102 valence electrons. The predicted octanol–water partition coefficient (Wildman–Crippen LogP) is 0.196. The van der Waals surface area contributed by atoms with Crippen LogP contribution in [-0.2, 0) is 21.3 Å². The van der Waals surface area contributed by atoms with E-state index in [0.717, 1.165) is 5.56 Å². The van der Waals surface area contributed by atoms with Gasteiger partial charge in [0.15, 0.2) is 5.03 Å². The quantitative estimate of drug-likeness (QED) is 0.800. The van der Waals surface area contributed by atoms with Gasteiger partial charge in [-0.05, 0) is 18.6 Å². The van der Waals surface area contributed by atoms with Crippen molar-refractivity contribution in [1.82, 2.24) is 9.29 Å². The fourth-order valence-corrected chi connectivity index (χ4v) is 2.67. The number of ether oxygens (including phenoxy) is 1. The Bertz CT molecular complexity index is 473. The fraction of sp³-hybridized carbons (Fsp3) is 0.545. The zero-order chi connectivity index (χ0) is 13.8. The van der Waals surface area contributed by atoms with Gasteiger partial charge in [-0.1, -0.05) is 6.07 Å². The summed E-state index contributed by atoms with van der Waals surface area (Å²) in [5.74, 6) is 0. The number of sulfonamides is 1. The smallest absolute Gasteiger partial charge is 0.260 e. The second-order valence-electron chi connectivity index (χ2n) is 4.03. The lowest BCUT2D eigenvalue weighted by molar-refractivity contribution is 0.149. The average molecular weight is 273 g/mol. The molecule has 0 fully saturated rings. The predicted molar refractivity (Wildman–Crippen MR) is 68.4 cm³/mol. The third-order valence-corrected chi connectivity index (χ3v) is 4.59. The molecule has 0 aliphatic heterocycles. The fourth-order valence-electron chi connectivity index (χ4n) is 1.41. The second kappa shape index (κ2) is 6.24. The van der Waals surface area contributed by atoms with E-state index in [4.69, 9.17) is 10.5 Å². The maximum Gasteiger partial charge on any atom is 0.260 e. The number of hydrogen-bond acceptors (Lipinski definition) is 5. The Morgan fingerprint density at radius 2 is 2.17 bits per heavy atom. The molecule has 0 spiro atoms. The highest BCUT2D eigenvalue weighted by Gasteiger charge is 2.26. The monoisotopic (exact) mass is 273 g/mol. The van der Waals surface area contributed by atoms with E-state index in [1.807, 2.05) is 0 Å². The van der Waals surface area contributed by atoms with Gasteiger partial charge in [-0.2, -0.15) is 4.31 Å². The molecule has 0 saturated carbocycles. The number of pyridine rings is 1. The minimum atomic E-state index is -3.58. The molecule has 1 aromatic rings. The highest BCUT2D eigenvalue weighted by atomic mass is 32.2. The summed E-state index contributed by atoms with van der Waals surface area (Å²) in [6.07, 6.45) is 1.47. The zero-order valence-electron chi connectivity index (χ0n) is 10.8. The van der Waals surface area contributed by atoms with Gasteiger partial charge in [0.1, 0.15) is 0 Å². The number of aromatic nitrogens is 1. The van der Waals surface area contributed by atoms with Crippen LogP contribution >= 0.6 is 0 Å². The summed E-state index contributed by atoms with van der Waals surface area (Å²) in [6, 6.07) is 2.87. The molecule has 0 radical (unpaired) electrons. The first kappa shape index (κ1) is 15.0. The topological polar surface area (TPSA) is 85.5 Å². The molecule has 1 unspecified atom stereocenters. The molecule has 0 bridgehead atoms. The summed E-state index contributed by atoms with van der Waals surface area (Å²) in [5, 5.41) is 0.0187. The molecule has 7 heteroatoms. The van der Waals surface area contributed by atoms with Crippen LogP contribution in [0.4, 0.5) is 0 Å². The third kappa shape index (κ3) is 3.26. The lowest BCUT2D eigenvalue weighted by Crippen LogP contribution is -2.38. The van der Waals surface area contributed by atoms with E-state index in [9.17, 15) is 8.42 Å². The SMILES string of the molecule is COCC(C)N(C)S(=O)(=O)c1ccc(CN)cn1. The van der Waals surface area contributed by atoms with Gasteiger partial charge in [-0.15, -0.1) is 0 Å². The molecular formula is C11H19N3O3S. The first-order chi connectivity index (χ1) is 8.43. The Morgan fingerprint density at radius 3 is 2.61 bits per heavy atom. The van der Waals surface area contributed by atoms with Crippen molar-refractivity contribution >= 4 is 10.0 Å². The Hall–Kier alpha value is -1.02. The van der Waals surface area contributed by atoms with Gasteiger partial charge in [0.05, 0.1) is 6.61 Å². The molecule has 6 nitrogen and oxygen atoms in total. The molecular weight excluding hydrogens is 254 g/mol. The molecule has 1 heterocycles. The number of methoxy groups -OCH3 is 1. The standard InChI is InChI=1S/C11H19N3O3S/c1-9(8-17-3)14(2)18(15,16)11-5-4-10(6-12)7-13-11/h4-5,7,9H,6,8,12H2,1-3H3. The van der Waals surface area contributed by atoms with Gasteiger partial charge >= 0.3 is 0 Å². The molecule has 0 aliphatic carbocycles. The van der Waals surface area contributed by atoms with Crippen molar-refractivity contribution < 1.29 is 13.2 Å². The van der Waals surface area contributed by atoms with E-state index >= 15 is 0 Å². The van der Waals surface area contributed by atoms with Crippen molar-refractivity contribution in [3.8, 4) is 0 Å². The molecule has 0 aliphatic rings.